The molecule has 0 spiro atoms. The second kappa shape index (κ2) is 10.4. The van der Waals surface area contributed by atoms with Crippen LogP contribution in [-0.4, -0.2) is 27.4 Å². The summed E-state index contributed by atoms with van der Waals surface area (Å²) >= 11 is 5.91. The van der Waals surface area contributed by atoms with Gasteiger partial charge in [0.25, 0.3) is 0 Å². The Kier molecular flexibility index (Phi) is 6.64. The fourth-order valence-electron chi connectivity index (χ4n) is 5.28. The van der Waals surface area contributed by atoms with Crippen molar-refractivity contribution in [1.82, 2.24) is 14.9 Å². The van der Waals surface area contributed by atoms with E-state index in [4.69, 9.17) is 21.7 Å². The van der Waals surface area contributed by atoms with E-state index in [-0.39, 0.29) is 18.2 Å². The first kappa shape index (κ1) is 23.7. The van der Waals surface area contributed by atoms with Crippen molar-refractivity contribution in [2.45, 2.75) is 44.5 Å². The maximum absolute atomic E-state index is 6.14. The highest BCUT2D eigenvalue weighted by molar-refractivity contribution is 7.80. The molecule has 188 valence electrons. The van der Waals surface area contributed by atoms with Crippen LogP contribution in [0.5, 0.6) is 11.5 Å². The zero-order valence-corrected chi connectivity index (χ0v) is 21.6. The number of para-hydroxylation sites is 1. The molecule has 0 saturated carbocycles. The Bertz CT molecular complexity index is 1370. The van der Waals surface area contributed by atoms with Gasteiger partial charge < -0.3 is 24.3 Å². The zero-order valence-electron chi connectivity index (χ0n) is 20.8. The van der Waals surface area contributed by atoms with E-state index >= 15 is 0 Å². The number of rotatable bonds is 7. The summed E-state index contributed by atoms with van der Waals surface area (Å²) in [6.45, 7) is 3.72. The van der Waals surface area contributed by atoms with Crippen LogP contribution in [0.1, 0.15) is 41.9 Å². The van der Waals surface area contributed by atoms with Gasteiger partial charge in [0.15, 0.2) is 5.11 Å². The summed E-state index contributed by atoms with van der Waals surface area (Å²) in [6, 6.07) is 26.3. The Morgan fingerprint density at radius 3 is 2.62 bits per heavy atom. The van der Waals surface area contributed by atoms with Gasteiger partial charge in [0.2, 0.25) is 0 Å². The van der Waals surface area contributed by atoms with E-state index in [9.17, 15) is 0 Å². The third kappa shape index (κ3) is 4.84. The fraction of sp³-hybridized carbons (Fsp3) is 0.267. The molecule has 2 fully saturated rings. The van der Waals surface area contributed by atoms with Gasteiger partial charge in [-0.2, -0.15) is 0 Å². The van der Waals surface area contributed by atoms with Crippen LogP contribution in [0.2, 0.25) is 0 Å². The molecule has 7 heteroatoms. The predicted octanol–water partition coefficient (Wildman–Crippen LogP) is 6.34. The number of aromatic nitrogens is 2. The fourth-order valence-corrected chi connectivity index (χ4v) is 5.62. The van der Waals surface area contributed by atoms with E-state index < -0.39 is 0 Å². The second-order valence-electron chi connectivity index (χ2n) is 9.58. The molecule has 0 bridgehead atoms. The molecule has 4 heterocycles. The molecular formula is C30H30N4O2S. The summed E-state index contributed by atoms with van der Waals surface area (Å²) in [7, 11) is 0. The third-order valence-electron chi connectivity index (χ3n) is 7.13. The van der Waals surface area contributed by atoms with E-state index in [0.717, 1.165) is 54.4 Å². The zero-order chi connectivity index (χ0) is 25.2. The first-order valence-electron chi connectivity index (χ1n) is 12.8. The van der Waals surface area contributed by atoms with Gasteiger partial charge >= 0.3 is 0 Å². The molecule has 37 heavy (non-hydrogen) atoms. The lowest BCUT2D eigenvalue weighted by molar-refractivity contribution is 0.0961. The van der Waals surface area contributed by atoms with Crippen LogP contribution in [0, 0.1) is 6.92 Å². The van der Waals surface area contributed by atoms with Crippen LogP contribution in [0.4, 0.5) is 5.69 Å². The van der Waals surface area contributed by atoms with Crippen LogP contribution < -0.4 is 15.0 Å². The van der Waals surface area contributed by atoms with E-state index in [1.54, 1.807) is 0 Å². The van der Waals surface area contributed by atoms with Crippen LogP contribution in [0.3, 0.4) is 0 Å². The molecule has 2 aliphatic heterocycles. The van der Waals surface area contributed by atoms with Crippen LogP contribution in [-0.2, 0) is 11.3 Å². The van der Waals surface area contributed by atoms with Gasteiger partial charge in [-0.05, 0) is 92.1 Å². The summed E-state index contributed by atoms with van der Waals surface area (Å²) in [5, 5.41) is 4.24. The number of pyridine rings is 1. The summed E-state index contributed by atoms with van der Waals surface area (Å²) in [5.74, 6) is 1.64. The topological polar surface area (TPSA) is 51.5 Å². The molecule has 4 aromatic rings. The first-order chi connectivity index (χ1) is 18.2. The molecule has 1 N–H and O–H groups in total. The second-order valence-corrected chi connectivity index (χ2v) is 9.97. The van der Waals surface area contributed by atoms with Crippen molar-refractivity contribution in [3.63, 3.8) is 0 Å². The van der Waals surface area contributed by atoms with Crippen molar-refractivity contribution in [3.8, 4) is 11.5 Å². The molecule has 0 radical (unpaired) electrons. The molecule has 0 amide bonds. The molecule has 2 aliphatic rings. The minimum atomic E-state index is -0.0882. The number of nitrogens with one attached hydrogen (secondary N) is 1. The predicted molar refractivity (Wildman–Crippen MR) is 149 cm³/mol. The largest absolute Gasteiger partial charge is 0.457 e. The number of thiocarbonyl (C=S) groups is 1. The number of benzene rings is 2. The summed E-state index contributed by atoms with van der Waals surface area (Å²) < 4.78 is 14.4. The first-order valence-corrected chi connectivity index (χ1v) is 13.2. The van der Waals surface area contributed by atoms with Gasteiger partial charge in [0.05, 0.1) is 17.8 Å². The molecule has 2 aromatic carbocycles. The number of anilines is 1. The molecular weight excluding hydrogens is 480 g/mol. The van der Waals surface area contributed by atoms with E-state index in [2.05, 4.69) is 56.3 Å². The van der Waals surface area contributed by atoms with Crippen LogP contribution in [0.15, 0.2) is 91.3 Å². The van der Waals surface area contributed by atoms with Gasteiger partial charge in [-0.1, -0.05) is 24.3 Å². The normalized spacial score (nSPS) is 21.3. The highest BCUT2D eigenvalue weighted by Crippen LogP contribution is 2.42. The Morgan fingerprint density at radius 1 is 1.03 bits per heavy atom. The van der Waals surface area contributed by atoms with Gasteiger partial charge in [-0.3, -0.25) is 4.98 Å². The Labute approximate surface area is 222 Å². The van der Waals surface area contributed by atoms with Crippen molar-refractivity contribution >= 4 is 23.0 Å². The molecule has 2 saturated heterocycles. The van der Waals surface area contributed by atoms with Gasteiger partial charge in [-0.15, -0.1) is 0 Å². The summed E-state index contributed by atoms with van der Waals surface area (Å²) in [6.07, 6.45) is 6.44. The molecule has 6 rings (SSSR count). The number of ether oxygens (including phenoxy) is 2. The number of hydrogen-bond acceptors (Lipinski definition) is 4. The van der Waals surface area contributed by atoms with E-state index in [0.29, 0.717) is 5.11 Å². The van der Waals surface area contributed by atoms with E-state index in [1.165, 1.54) is 5.69 Å². The highest BCUT2D eigenvalue weighted by Gasteiger charge is 2.42. The minimum Gasteiger partial charge on any atom is -0.457 e. The van der Waals surface area contributed by atoms with Crippen molar-refractivity contribution in [1.29, 1.82) is 0 Å². The van der Waals surface area contributed by atoms with Crippen LogP contribution >= 0.6 is 12.2 Å². The van der Waals surface area contributed by atoms with Gasteiger partial charge in [-0.25, -0.2) is 0 Å². The SMILES string of the molecule is Cc1ccccc1Oc1ccc(N2C(=S)N[C@H](c3ccccn3)[C@H]2c2cccn2C[C@H]2CCCO2)cc1. The molecule has 2 aromatic heterocycles. The Balaban J connectivity index is 1.34. The molecule has 0 unspecified atom stereocenters. The third-order valence-corrected chi connectivity index (χ3v) is 7.44. The standard InChI is InChI=1S/C30H30N4O2S/c1-21-8-2-3-12-27(21)36-23-15-13-22(14-16-23)34-29(28(32-30(34)37)25-10-4-5-17-31-25)26-11-6-18-33(26)20-24-9-7-19-35-24/h2-6,8,10-18,24,28-29H,7,9,19-20H2,1H3,(H,32,37)/t24-,28-,29-/m1/s1. The van der Waals surface area contributed by atoms with Crippen molar-refractivity contribution in [2.24, 2.45) is 0 Å². The maximum Gasteiger partial charge on any atom is 0.174 e. The average Bonchev–Trinajstić information content (AvgIpc) is 3.67. The lowest BCUT2D eigenvalue weighted by atomic mass is 10.0. The maximum atomic E-state index is 6.14. The smallest absolute Gasteiger partial charge is 0.174 e. The monoisotopic (exact) mass is 510 g/mol. The Morgan fingerprint density at radius 2 is 1.86 bits per heavy atom. The molecule has 6 nitrogen and oxygen atoms in total. The molecule has 0 aliphatic carbocycles. The average molecular weight is 511 g/mol. The Hall–Kier alpha value is -3.68. The van der Waals surface area contributed by atoms with Crippen molar-refractivity contribution in [3.05, 3.63) is 108 Å². The number of nitrogens with zero attached hydrogens (tertiary/aromatic N) is 3. The number of aryl methyl sites for hydroxylation is 1. The minimum absolute atomic E-state index is 0.0676. The van der Waals surface area contributed by atoms with Gasteiger partial charge in [0.1, 0.15) is 17.5 Å². The van der Waals surface area contributed by atoms with E-state index in [1.807, 2.05) is 61.7 Å². The molecule has 3 atom stereocenters. The van der Waals surface area contributed by atoms with Gasteiger partial charge in [0, 0.05) is 36.9 Å². The number of hydrogen-bond donors (Lipinski definition) is 1. The lowest BCUT2D eigenvalue weighted by Gasteiger charge is -2.29. The van der Waals surface area contributed by atoms with Crippen molar-refractivity contribution in [2.75, 3.05) is 11.5 Å². The lowest BCUT2D eigenvalue weighted by Crippen LogP contribution is -2.31. The van der Waals surface area contributed by atoms with Crippen LogP contribution in [0.25, 0.3) is 0 Å². The summed E-state index contributed by atoms with van der Waals surface area (Å²) in [5.41, 5.74) is 4.24. The van der Waals surface area contributed by atoms with Crippen molar-refractivity contribution < 1.29 is 9.47 Å². The highest BCUT2D eigenvalue weighted by atomic mass is 32.1. The quantitative estimate of drug-likeness (QED) is 0.293. The summed E-state index contributed by atoms with van der Waals surface area (Å²) in [4.78, 5) is 6.88.